The minimum absolute atomic E-state index is 0.178. The molecule has 19 heavy (non-hydrogen) atoms. The molecule has 1 fully saturated rings. The number of rotatable bonds is 1. The quantitative estimate of drug-likeness (QED) is 0.853. The van der Waals surface area contributed by atoms with Gasteiger partial charge in [-0.3, -0.25) is 0 Å². The summed E-state index contributed by atoms with van der Waals surface area (Å²) >= 11 is 1.82. The Balaban J connectivity index is 1.83. The summed E-state index contributed by atoms with van der Waals surface area (Å²) in [5.74, 6) is 0. The first-order valence-electron chi connectivity index (χ1n) is 7.13. The van der Waals surface area contributed by atoms with E-state index in [-0.39, 0.29) is 6.04 Å². The topological polar surface area (TPSA) is 45.4 Å². The van der Waals surface area contributed by atoms with Gasteiger partial charge in [0.1, 0.15) is 0 Å². The number of hydrogen-bond acceptors (Lipinski definition) is 5. The Morgan fingerprint density at radius 3 is 2.63 bits per heavy atom. The van der Waals surface area contributed by atoms with Crippen molar-refractivity contribution in [1.29, 1.82) is 0 Å². The summed E-state index contributed by atoms with van der Waals surface area (Å²) in [5, 5.41) is 1.19. The first-order valence-corrected chi connectivity index (χ1v) is 7.95. The third kappa shape index (κ3) is 2.64. The van der Waals surface area contributed by atoms with Crippen molar-refractivity contribution in [3.63, 3.8) is 0 Å². The van der Waals surface area contributed by atoms with Gasteiger partial charge in [-0.2, -0.15) is 0 Å². The zero-order chi connectivity index (χ0) is 13.6. The Labute approximate surface area is 119 Å². The monoisotopic (exact) mass is 280 g/mol. The summed E-state index contributed by atoms with van der Waals surface area (Å²) < 4.78 is 0. The summed E-state index contributed by atoms with van der Waals surface area (Å²) in [5.41, 5.74) is 7.87. The van der Waals surface area contributed by atoms with Crippen LogP contribution in [0.25, 0.3) is 0 Å². The van der Waals surface area contributed by atoms with E-state index in [0.717, 1.165) is 39.0 Å². The first kappa shape index (κ1) is 13.3. The molecule has 1 aromatic heterocycles. The molecule has 0 radical (unpaired) electrons. The third-order valence-electron chi connectivity index (χ3n) is 4.25. The highest BCUT2D eigenvalue weighted by atomic mass is 32.1. The van der Waals surface area contributed by atoms with Crippen LogP contribution in [-0.2, 0) is 6.42 Å². The summed E-state index contributed by atoms with van der Waals surface area (Å²) in [7, 11) is 2.18. The molecular weight excluding hydrogens is 256 g/mol. The van der Waals surface area contributed by atoms with Gasteiger partial charge in [0.15, 0.2) is 5.13 Å². The van der Waals surface area contributed by atoms with Crippen LogP contribution in [0.15, 0.2) is 0 Å². The fraction of sp³-hybridized carbons (Fsp3) is 0.786. The van der Waals surface area contributed by atoms with Gasteiger partial charge in [-0.15, -0.1) is 0 Å². The predicted molar refractivity (Wildman–Crippen MR) is 80.9 cm³/mol. The summed E-state index contributed by atoms with van der Waals surface area (Å²) in [6.45, 7) is 9.02. The maximum Gasteiger partial charge on any atom is 0.185 e. The Morgan fingerprint density at radius 2 is 1.95 bits per heavy atom. The molecule has 0 aromatic carbocycles. The van der Waals surface area contributed by atoms with Gasteiger partial charge in [-0.25, -0.2) is 4.98 Å². The van der Waals surface area contributed by atoms with Gasteiger partial charge in [0.05, 0.1) is 5.69 Å². The Kier molecular flexibility index (Phi) is 3.31. The van der Waals surface area contributed by atoms with E-state index in [4.69, 9.17) is 10.7 Å². The molecule has 2 aliphatic rings. The normalized spacial score (nSPS) is 27.4. The van der Waals surface area contributed by atoms with Crippen molar-refractivity contribution in [3.8, 4) is 0 Å². The molecule has 2 heterocycles. The number of anilines is 1. The van der Waals surface area contributed by atoms with E-state index in [1.165, 1.54) is 15.7 Å². The van der Waals surface area contributed by atoms with E-state index < -0.39 is 0 Å². The second kappa shape index (κ2) is 4.72. The molecule has 0 bridgehead atoms. The minimum atomic E-state index is 0.178. The molecule has 2 N–H and O–H groups in total. The Morgan fingerprint density at radius 1 is 1.26 bits per heavy atom. The molecule has 1 aliphatic heterocycles. The molecule has 3 rings (SSSR count). The van der Waals surface area contributed by atoms with E-state index in [0.29, 0.717) is 5.41 Å². The average Bonchev–Trinajstić information content (AvgIpc) is 2.72. The van der Waals surface area contributed by atoms with Gasteiger partial charge in [-0.1, -0.05) is 25.2 Å². The molecule has 0 spiro atoms. The second-order valence-electron chi connectivity index (χ2n) is 6.75. The Hall–Kier alpha value is -0.650. The summed E-state index contributed by atoms with van der Waals surface area (Å²) in [6.07, 6.45) is 2.14. The van der Waals surface area contributed by atoms with Crippen molar-refractivity contribution in [1.82, 2.24) is 9.88 Å². The number of nitrogens with zero attached hydrogens (tertiary/aromatic N) is 3. The highest BCUT2D eigenvalue weighted by Crippen LogP contribution is 2.43. The number of nitrogens with two attached hydrogens (primary N) is 1. The van der Waals surface area contributed by atoms with Crippen molar-refractivity contribution in [2.45, 2.75) is 32.7 Å². The number of thiazole rings is 1. The largest absolute Gasteiger partial charge is 0.346 e. The van der Waals surface area contributed by atoms with Crippen LogP contribution in [0.1, 0.15) is 36.9 Å². The molecule has 5 heteroatoms. The van der Waals surface area contributed by atoms with Crippen molar-refractivity contribution in [2.75, 3.05) is 38.1 Å². The molecular formula is C14H24N4S. The van der Waals surface area contributed by atoms with Crippen LogP contribution in [0.3, 0.4) is 0 Å². The Bertz CT molecular complexity index is 460. The van der Waals surface area contributed by atoms with Gasteiger partial charge in [0.2, 0.25) is 0 Å². The highest BCUT2D eigenvalue weighted by Gasteiger charge is 2.34. The average molecular weight is 280 g/mol. The van der Waals surface area contributed by atoms with Crippen molar-refractivity contribution >= 4 is 16.5 Å². The van der Waals surface area contributed by atoms with Gasteiger partial charge < -0.3 is 15.5 Å². The standard InChI is InChI=1S/C14H24N4S/c1-14(2)8-10(15)12-11(9-14)16-13(19-12)18-6-4-17(3)5-7-18/h10H,4-9,15H2,1-3H3. The number of fused-ring (bicyclic) bond motifs is 1. The maximum absolute atomic E-state index is 6.33. The van der Waals surface area contributed by atoms with Gasteiger partial charge in [0.25, 0.3) is 0 Å². The maximum atomic E-state index is 6.33. The van der Waals surface area contributed by atoms with Gasteiger partial charge in [-0.05, 0) is 25.3 Å². The summed E-state index contributed by atoms with van der Waals surface area (Å²) in [4.78, 5) is 11.0. The SMILES string of the molecule is CN1CCN(c2nc3c(s2)C(N)CC(C)(C)C3)CC1. The van der Waals surface area contributed by atoms with Crippen LogP contribution in [0.2, 0.25) is 0 Å². The van der Waals surface area contributed by atoms with E-state index in [1.54, 1.807) is 0 Å². The molecule has 1 aliphatic carbocycles. The lowest BCUT2D eigenvalue weighted by Crippen LogP contribution is -2.44. The molecule has 1 atom stereocenters. The zero-order valence-electron chi connectivity index (χ0n) is 12.1. The lowest BCUT2D eigenvalue weighted by atomic mass is 9.77. The van der Waals surface area contributed by atoms with E-state index >= 15 is 0 Å². The summed E-state index contributed by atoms with van der Waals surface area (Å²) in [6, 6.07) is 0.178. The number of aromatic nitrogens is 1. The van der Waals surface area contributed by atoms with Gasteiger partial charge in [0, 0.05) is 37.1 Å². The number of piperazine rings is 1. The van der Waals surface area contributed by atoms with Crippen LogP contribution < -0.4 is 10.6 Å². The number of likely N-dealkylation sites (N-methyl/N-ethyl adjacent to an activating group) is 1. The lowest BCUT2D eigenvalue weighted by molar-refractivity contribution is 0.282. The predicted octanol–water partition coefficient (Wildman–Crippen LogP) is 1.87. The second-order valence-corrected chi connectivity index (χ2v) is 7.76. The molecule has 0 amide bonds. The molecule has 1 unspecified atom stereocenters. The fourth-order valence-electron chi connectivity index (χ4n) is 3.11. The van der Waals surface area contributed by atoms with Gasteiger partial charge >= 0.3 is 0 Å². The first-order chi connectivity index (χ1) is 8.94. The van der Waals surface area contributed by atoms with E-state index in [2.05, 4.69) is 30.7 Å². The van der Waals surface area contributed by atoms with Crippen molar-refractivity contribution in [3.05, 3.63) is 10.6 Å². The minimum Gasteiger partial charge on any atom is -0.346 e. The third-order valence-corrected chi connectivity index (χ3v) is 5.54. The van der Waals surface area contributed by atoms with Crippen LogP contribution in [-0.4, -0.2) is 43.1 Å². The lowest BCUT2D eigenvalue weighted by Gasteiger charge is -2.32. The molecule has 106 valence electrons. The van der Waals surface area contributed by atoms with Crippen LogP contribution in [0, 0.1) is 5.41 Å². The van der Waals surface area contributed by atoms with E-state index in [1.807, 2.05) is 11.3 Å². The molecule has 1 saturated heterocycles. The van der Waals surface area contributed by atoms with Crippen molar-refractivity contribution in [2.24, 2.45) is 11.1 Å². The molecule has 0 saturated carbocycles. The molecule has 4 nitrogen and oxygen atoms in total. The fourth-order valence-corrected chi connectivity index (χ4v) is 4.25. The van der Waals surface area contributed by atoms with Crippen LogP contribution >= 0.6 is 11.3 Å². The number of hydrogen-bond donors (Lipinski definition) is 1. The molecule has 1 aromatic rings. The zero-order valence-corrected chi connectivity index (χ0v) is 13.0. The van der Waals surface area contributed by atoms with Crippen molar-refractivity contribution < 1.29 is 0 Å². The van der Waals surface area contributed by atoms with E-state index in [9.17, 15) is 0 Å². The smallest absolute Gasteiger partial charge is 0.185 e. The van der Waals surface area contributed by atoms with Crippen LogP contribution in [0.5, 0.6) is 0 Å². The highest BCUT2D eigenvalue weighted by molar-refractivity contribution is 7.15. The van der Waals surface area contributed by atoms with Crippen LogP contribution in [0.4, 0.5) is 5.13 Å².